The molecular formula is C19H20N2O3. The average Bonchev–Trinajstić information content (AvgIpc) is 2.56. The lowest BCUT2D eigenvalue weighted by atomic mass is 10.1. The molecule has 2 aromatic carbocycles. The smallest absolute Gasteiger partial charge is 0.244 e. The highest BCUT2D eigenvalue weighted by Gasteiger charge is 2.26. The van der Waals surface area contributed by atoms with Gasteiger partial charge in [-0.25, -0.2) is 0 Å². The van der Waals surface area contributed by atoms with Crippen LogP contribution in [0, 0.1) is 13.8 Å². The molecule has 124 valence electrons. The lowest BCUT2D eigenvalue weighted by Gasteiger charge is -2.29. The van der Waals surface area contributed by atoms with Crippen LogP contribution in [0.3, 0.4) is 0 Å². The van der Waals surface area contributed by atoms with Gasteiger partial charge in [0.1, 0.15) is 12.3 Å². The van der Waals surface area contributed by atoms with E-state index in [9.17, 15) is 9.59 Å². The summed E-state index contributed by atoms with van der Waals surface area (Å²) in [6.45, 7) is 4.29. The van der Waals surface area contributed by atoms with Crippen LogP contribution in [0.1, 0.15) is 17.5 Å². The SMILES string of the molecule is Cc1cccc(C)c1OCCC(=O)N1CC(=O)Nc2ccccc21. The van der Waals surface area contributed by atoms with E-state index >= 15 is 0 Å². The van der Waals surface area contributed by atoms with Gasteiger partial charge in [0.2, 0.25) is 11.8 Å². The summed E-state index contributed by atoms with van der Waals surface area (Å²) in [5.41, 5.74) is 3.49. The zero-order chi connectivity index (χ0) is 17.1. The number of nitrogens with zero attached hydrogens (tertiary/aromatic N) is 1. The van der Waals surface area contributed by atoms with Gasteiger partial charge >= 0.3 is 0 Å². The van der Waals surface area contributed by atoms with Gasteiger partial charge in [0.25, 0.3) is 0 Å². The number of carbonyl (C=O) groups excluding carboxylic acids is 2. The maximum atomic E-state index is 12.5. The molecule has 0 unspecified atom stereocenters. The van der Waals surface area contributed by atoms with E-state index in [0.717, 1.165) is 22.6 Å². The van der Waals surface area contributed by atoms with E-state index in [1.54, 1.807) is 6.07 Å². The minimum Gasteiger partial charge on any atom is -0.493 e. The van der Waals surface area contributed by atoms with Crippen LogP contribution in [0.4, 0.5) is 11.4 Å². The first-order valence-electron chi connectivity index (χ1n) is 7.94. The molecule has 1 heterocycles. The largest absolute Gasteiger partial charge is 0.493 e. The van der Waals surface area contributed by atoms with Crippen LogP contribution >= 0.6 is 0 Å². The molecule has 5 heteroatoms. The lowest BCUT2D eigenvalue weighted by molar-refractivity contribution is -0.122. The number of hydrogen-bond acceptors (Lipinski definition) is 3. The number of hydrogen-bond donors (Lipinski definition) is 1. The van der Waals surface area contributed by atoms with Crippen LogP contribution in [0.5, 0.6) is 5.75 Å². The molecule has 2 amide bonds. The van der Waals surface area contributed by atoms with Gasteiger partial charge in [-0.15, -0.1) is 0 Å². The van der Waals surface area contributed by atoms with Crippen molar-refractivity contribution in [2.24, 2.45) is 0 Å². The summed E-state index contributed by atoms with van der Waals surface area (Å²) in [7, 11) is 0. The number of rotatable bonds is 4. The fourth-order valence-electron chi connectivity index (χ4n) is 2.86. The molecule has 0 radical (unpaired) electrons. The summed E-state index contributed by atoms with van der Waals surface area (Å²) in [6, 6.07) is 13.2. The summed E-state index contributed by atoms with van der Waals surface area (Å²) < 4.78 is 5.80. The van der Waals surface area contributed by atoms with Crippen molar-refractivity contribution < 1.29 is 14.3 Å². The highest BCUT2D eigenvalue weighted by Crippen LogP contribution is 2.29. The number of anilines is 2. The molecule has 5 nitrogen and oxygen atoms in total. The number of ether oxygens (including phenoxy) is 1. The van der Waals surface area contributed by atoms with Crippen molar-refractivity contribution in [3.63, 3.8) is 0 Å². The summed E-state index contributed by atoms with van der Waals surface area (Å²) in [5.74, 6) is 0.517. The summed E-state index contributed by atoms with van der Waals surface area (Å²) in [4.78, 5) is 25.8. The molecule has 0 atom stereocenters. The number of carbonyl (C=O) groups is 2. The minimum absolute atomic E-state index is 0.0409. The fourth-order valence-corrected chi connectivity index (χ4v) is 2.86. The van der Waals surface area contributed by atoms with Gasteiger partial charge in [0.05, 0.1) is 24.4 Å². The zero-order valence-corrected chi connectivity index (χ0v) is 13.8. The zero-order valence-electron chi connectivity index (χ0n) is 13.8. The van der Waals surface area contributed by atoms with Crippen LogP contribution in [-0.4, -0.2) is 25.0 Å². The van der Waals surface area contributed by atoms with E-state index in [0.29, 0.717) is 5.69 Å². The molecule has 0 aromatic heterocycles. The molecule has 2 aromatic rings. The van der Waals surface area contributed by atoms with Gasteiger partial charge in [-0.3, -0.25) is 9.59 Å². The Morgan fingerprint density at radius 3 is 2.58 bits per heavy atom. The quantitative estimate of drug-likeness (QED) is 0.940. The Hall–Kier alpha value is -2.82. The summed E-state index contributed by atoms with van der Waals surface area (Å²) >= 11 is 0. The highest BCUT2D eigenvalue weighted by atomic mass is 16.5. The second-order valence-electron chi connectivity index (χ2n) is 5.86. The Kier molecular flexibility index (Phi) is 4.51. The van der Waals surface area contributed by atoms with Crippen molar-refractivity contribution in [3.8, 4) is 5.75 Å². The van der Waals surface area contributed by atoms with Gasteiger partial charge in [-0.2, -0.15) is 0 Å². The van der Waals surface area contributed by atoms with E-state index in [1.807, 2.05) is 50.2 Å². The summed E-state index contributed by atoms with van der Waals surface area (Å²) in [5, 5.41) is 2.78. The van der Waals surface area contributed by atoms with E-state index in [2.05, 4.69) is 5.32 Å². The Bertz CT molecular complexity index is 766. The molecule has 0 saturated heterocycles. The average molecular weight is 324 g/mol. The molecule has 0 bridgehead atoms. The van der Waals surface area contributed by atoms with Crippen LogP contribution in [0.2, 0.25) is 0 Å². The highest BCUT2D eigenvalue weighted by molar-refractivity contribution is 6.09. The standard InChI is InChI=1S/C19H20N2O3/c1-13-6-5-7-14(2)19(13)24-11-10-18(23)21-12-17(22)20-15-8-3-4-9-16(15)21/h3-9H,10-12H2,1-2H3,(H,20,22). The van der Waals surface area contributed by atoms with Crippen molar-refractivity contribution >= 4 is 23.2 Å². The third kappa shape index (κ3) is 3.25. The number of fused-ring (bicyclic) bond motifs is 1. The van der Waals surface area contributed by atoms with Crippen molar-refractivity contribution in [2.75, 3.05) is 23.4 Å². The maximum absolute atomic E-state index is 12.5. The van der Waals surface area contributed by atoms with Gasteiger partial charge in [0.15, 0.2) is 0 Å². The van der Waals surface area contributed by atoms with E-state index in [-0.39, 0.29) is 31.4 Å². The molecule has 0 spiro atoms. The Morgan fingerprint density at radius 2 is 1.83 bits per heavy atom. The number of para-hydroxylation sites is 3. The Labute approximate surface area is 141 Å². The Balaban J connectivity index is 1.67. The third-order valence-corrected chi connectivity index (χ3v) is 4.04. The number of nitrogens with one attached hydrogen (secondary N) is 1. The van der Waals surface area contributed by atoms with Gasteiger partial charge in [0, 0.05) is 0 Å². The molecule has 0 saturated carbocycles. The molecule has 3 rings (SSSR count). The fraction of sp³-hybridized carbons (Fsp3) is 0.263. The molecule has 1 N–H and O–H groups in total. The molecule has 1 aliphatic heterocycles. The predicted molar refractivity (Wildman–Crippen MR) is 93.5 cm³/mol. The van der Waals surface area contributed by atoms with E-state index in [1.165, 1.54) is 4.90 Å². The molecule has 0 fully saturated rings. The van der Waals surface area contributed by atoms with Crippen molar-refractivity contribution in [2.45, 2.75) is 20.3 Å². The lowest BCUT2D eigenvalue weighted by Crippen LogP contribution is -2.42. The Morgan fingerprint density at radius 1 is 1.12 bits per heavy atom. The van der Waals surface area contributed by atoms with Gasteiger partial charge < -0.3 is 15.0 Å². The van der Waals surface area contributed by atoms with Crippen molar-refractivity contribution in [1.29, 1.82) is 0 Å². The number of amides is 2. The number of benzene rings is 2. The first kappa shape index (κ1) is 16.1. The van der Waals surface area contributed by atoms with E-state index in [4.69, 9.17) is 4.74 Å². The number of aryl methyl sites for hydroxylation is 2. The van der Waals surface area contributed by atoms with Crippen LogP contribution in [0.25, 0.3) is 0 Å². The maximum Gasteiger partial charge on any atom is 0.244 e. The monoisotopic (exact) mass is 324 g/mol. The van der Waals surface area contributed by atoms with E-state index < -0.39 is 0 Å². The first-order valence-corrected chi connectivity index (χ1v) is 7.94. The second-order valence-corrected chi connectivity index (χ2v) is 5.86. The summed E-state index contributed by atoms with van der Waals surface area (Å²) in [6.07, 6.45) is 0.218. The normalized spacial score (nSPS) is 13.2. The molecule has 0 aliphatic carbocycles. The van der Waals surface area contributed by atoms with Gasteiger partial charge in [-0.1, -0.05) is 30.3 Å². The molecule has 1 aliphatic rings. The van der Waals surface area contributed by atoms with Crippen molar-refractivity contribution in [3.05, 3.63) is 53.6 Å². The van der Waals surface area contributed by atoms with Crippen LogP contribution < -0.4 is 15.0 Å². The first-order chi connectivity index (χ1) is 11.6. The second kappa shape index (κ2) is 6.74. The van der Waals surface area contributed by atoms with Crippen LogP contribution in [-0.2, 0) is 9.59 Å². The third-order valence-electron chi connectivity index (χ3n) is 4.04. The van der Waals surface area contributed by atoms with Gasteiger partial charge in [-0.05, 0) is 37.1 Å². The minimum atomic E-state index is -0.183. The topological polar surface area (TPSA) is 58.6 Å². The van der Waals surface area contributed by atoms with Crippen molar-refractivity contribution in [1.82, 2.24) is 0 Å². The molecule has 24 heavy (non-hydrogen) atoms. The van der Waals surface area contributed by atoms with Crippen LogP contribution in [0.15, 0.2) is 42.5 Å². The molecular weight excluding hydrogens is 304 g/mol. The predicted octanol–water partition coefficient (Wildman–Crippen LogP) is 3.06.